The van der Waals surface area contributed by atoms with E-state index in [1.54, 1.807) is 0 Å². The molecule has 1 rings (SSSR count). The molecule has 78 valence electrons. The Bertz CT molecular complexity index is 331. The van der Waals surface area contributed by atoms with E-state index in [1.807, 2.05) is 19.1 Å². The molecule has 1 unspecified atom stereocenters. The van der Waals surface area contributed by atoms with Gasteiger partial charge in [-0.3, -0.25) is 0 Å². The Morgan fingerprint density at radius 3 is 2.64 bits per heavy atom. The number of rotatable bonds is 3. The van der Waals surface area contributed by atoms with Crippen LogP contribution in [0, 0.1) is 0 Å². The third kappa shape index (κ3) is 2.76. The first kappa shape index (κ1) is 12.1. The van der Waals surface area contributed by atoms with Gasteiger partial charge >= 0.3 is 0 Å². The SMILES string of the molecule is CC(CN)Nc1ccc(Br)c(Cl)c1Cl. The van der Waals surface area contributed by atoms with Crippen molar-refractivity contribution in [3.8, 4) is 0 Å². The van der Waals surface area contributed by atoms with E-state index in [2.05, 4.69) is 21.2 Å². The standard InChI is InChI=1S/C9H11BrCl2N2/c1-5(4-13)14-7-3-2-6(10)8(11)9(7)12/h2-3,5,14H,4,13H2,1H3. The number of nitrogens with two attached hydrogens (primary N) is 1. The van der Waals surface area contributed by atoms with E-state index < -0.39 is 0 Å². The molecule has 0 aliphatic rings. The molecular formula is C9H11BrCl2N2. The topological polar surface area (TPSA) is 38.0 Å². The summed E-state index contributed by atoms with van der Waals surface area (Å²) in [6, 6.07) is 3.88. The third-order valence-electron chi connectivity index (χ3n) is 1.79. The molecule has 14 heavy (non-hydrogen) atoms. The predicted molar refractivity (Wildman–Crippen MR) is 66.3 cm³/mol. The average Bonchev–Trinajstić information content (AvgIpc) is 2.19. The summed E-state index contributed by atoms with van der Waals surface area (Å²) in [5, 5.41) is 4.20. The minimum atomic E-state index is 0.171. The molecule has 0 heterocycles. The lowest BCUT2D eigenvalue weighted by molar-refractivity contribution is 0.804. The number of nitrogens with one attached hydrogen (secondary N) is 1. The molecule has 1 aromatic carbocycles. The molecule has 0 spiro atoms. The molecule has 1 aromatic rings. The van der Waals surface area contributed by atoms with Crippen LogP contribution in [0.15, 0.2) is 16.6 Å². The number of anilines is 1. The molecule has 0 amide bonds. The highest BCUT2D eigenvalue weighted by Crippen LogP contribution is 2.35. The van der Waals surface area contributed by atoms with Crippen molar-refractivity contribution in [3.63, 3.8) is 0 Å². The van der Waals surface area contributed by atoms with Crippen molar-refractivity contribution in [2.24, 2.45) is 5.73 Å². The molecule has 1 atom stereocenters. The Hall–Kier alpha value is 0.0400. The summed E-state index contributed by atoms with van der Waals surface area (Å²) in [7, 11) is 0. The molecule has 0 bridgehead atoms. The van der Waals surface area contributed by atoms with Gasteiger partial charge in [-0.25, -0.2) is 0 Å². The maximum atomic E-state index is 6.03. The number of benzene rings is 1. The van der Waals surface area contributed by atoms with Crippen molar-refractivity contribution in [1.29, 1.82) is 0 Å². The fraction of sp³-hybridized carbons (Fsp3) is 0.333. The van der Waals surface area contributed by atoms with Crippen LogP contribution in [0.4, 0.5) is 5.69 Å². The van der Waals surface area contributed by atoms with Crippen molar-refractivity contribution in [1.82, 2.24) is 0 Å². The molecule has 0 fully saturated rings. The summed E-state index contributed by atoms with van der Waals surface area (Å²) in [4.78, 5) is 0. The lowest BCUT2D eigenvalue weighted by Crippen LogP contribution is -2.25. The summed E-state index contributed by atoms with van der Waals surface area (Å²) in [5.41, 5.74) is 6.29. The minimum absolute atomic E-state index is 0.171. The smallest absolute Gasteiger partial charge is 0.0835 e. The van der Waals surface area contributed by atoms with Gasteiger partial charge in [-0.2, -0.15) is 0 Å². The van der Waals surface area contributed by atoms with Crippen LogP contribution in [0.1, 0.15) is 6.92 Å². The fourth-order valence-corrected chi connectivity index (χ4v) is 1.79. The van der Waals surface area contributed by atoms with Gasteiger partial charge in [-0.05, 0) is 35.0 Å². The van der Waals surface area contributed by atoms with E-state index in [0.29, 0.717) is 16.6 Å². The summed E-state index contributed by atoms with van der Waals surface area (Å²) < 4.78 is 0.787. The van der Waals surface area contributed by atoms with Gasteiger partial charge in [0, 0.05) is 17.1 Å². The Labute approximate surface area is 102 Å². The summed E-state index contributed by atoms with van der Waals surface area (Å²) in [6.45, 7) is 2.52. The van der Waals surface area contributed by atoms with Gasteiger partial charge < -0.3 is 11.1 Å². The lowest BCUT2D eigenvalue weighted by Gasteiger charge is -2.15. The third-order valence-corrected chi connectivity index (χ3v) is 3.56. The van der Waals surface area contributed by atoms with E-state index in [1.165, 1.54) is 0 Å². The monoisotopic (exact) mass is 296 g/mol. The molecule has 0 radical (unpaired) electrons. The van der Waals surface area contributed by atoms with E-state index in [-0.39, 0.29) is 6.04 Å². The molecule has 2 nitrogen and oxygen atoms in total. The molecule has 0 saturated heterocycles. The van der Waals surface area contributed by atoms with Gasteiger partial charge in [0.15, 0.2) is 0 Å². The number of halogens is 3. The molecule has 3 N–H and O–H groups in total. The van der Waals surface area contributed by atoms with Crippen LogP contribution in [0.25, 0.3) is 0 Å². The molecular weight excluding hydrogens is 287 g/mol. The van der Waals surface area contributed by atoms with E-state index in [0.717, 1.165) is 10.2 Å². The van der Waals surface area contributed by atoms with Gasteiger partial charge in [-0.1, -0.05) is 23.2 Å². The van der Waals surface area contributed by atoms with Crippen LogP contribution in [0.3, 0.4) is 0 Å². The predicted octanol–water partition coefficient (Wildman–Crippen LogP) is 3.52. The van der Waals surface area contributed by atoms with Crippen molar-refractivity contribution in [2.45, 2.75) is 13.0 Å². The first-order valence-electron chi connectivity index (χ1n) is 4.16. The second-order valence-corrected chi connectivity index (χ2v) is 4.61. The normalized spacial score (nSPS) is 12.6. The van der Waals surface area contributed by atoms with Crippen LogP contribution in [0.2, 0.25) is 10.0 Å². The Morgan fingerprint density at radius 1 is 1.43 bits per heavy atom. The van der Waals surface area contributed by atoms with Gasteiger partial charge in [0.2, 0.25) is 0 Å². The number of hydrogen-bond acceptors (Lipinski definition) is 2. The minimum Gasteiger partial charge on any atom is -0.380 e. The van der Waals surface area contributed by atoms with Crippen LogP contribution in [-0.2, 0) is 0 Å². The van der Waals surface area contributed by atoms with Gasteiger partial charge in [0.25, 0.3) is 0 Å². The van der Waals surface area contributed by atoms with E-state index in [4.69, 9.17) is 28.9 Å². The second kappa shape index (κ2) is 5.21. The lowest BCUT2D eigenvalue weighted by atomic mass is 10.2. The van der Waals surface area contributed by atoms with Crippen LogP contribution >= 0.6 is 39.1 Å². The highest BCUT2D eigenvalue weighted by molar-refractivity contribution is 9.10. The molecule has 0 aliphatic heterocycles. The van der Waals surface area contributed by atoms with Gasteiger partial charge in [0.05, 0.1) is 15.7 Å². The summed E-state index contributed by atoms with van der Waals surface area (Å²) in [6.07, 6.45) is 0. The van der Waals surface area contributed by atoms with Crippen molar-refractivity contribution >= 4 is 44.8 Å². The van der Waals surface area contributed by atoms with E-state index in [9.17, 15) is 0 Å². The zero-order valence-electron chi connectivity index (χ0n) is 7.65. The molecule has 0 aliphatic carbocycles. The maximum Gasteiger partial charge on any atom is 0.0835 e. The highest BCUT2D eigenvalue weighted by Gasteiger charge is 2.09. The van der Waals surface area contributed by atoms with Crippen LogP contribution in [0.5, 0.6) is 0 Å². The maximum absolute atomic E-state index is 6.03. The molecule has 0 saturated carbocycles. The van der Waals surface area contributed by atoms with E-state index >= 15 is 0 Å². The second-order valence-electron chi connectivity index (χ2n) is 3.00. The zero-order valence-corrected chi connectivity index (χ0v) is 10.7. The first-order chi connectivity index (χ1) is 6.56. The Morgan fingerprint density at radius 2 is 2.07 bits per heavy atom. The van der Waals surface area contributed by atoms with Gasteiger partial charge in [0.1, 0.15) is 0 Å². The quantitative estimate of drug-likeness (QED) is 0.838. The van der Waals surface area contributed by atoms with Gasteiger partial charge in [-0.15, -0.1) is 0 Å². The average molecular weight is 298 g/mol. The van der Waals surface area contributed by atoms with Crippen molar-refractivity contribution < 1.29 is 0 Å². The van der Waals surface area contributed by atoms with Crippen LogP contribution < -0.4 is 11.1 Å². The zero-order chi connectivity index (χ0) is 10.7. The largest absolute Gasteiger partial charge is 0.380 e. The van der Waals surface area contributed by atoms with Crippen LogP contribution in [-0.4, -0.2) is 12.6 Å². The number of hydrogen-bond donors (Lipinski definition) is 2. The Kier molecular flexibility index (Phi) is 4.51. The van der Waals surface area contributed by atoms with Crippen molar-refractivity contribution in [3.05, 3.63) is 26.7 Å². The fourth-order valence-electron chi connectivity index (χ4n) is 0.962. The molecule has 0 aromatic heterocycles. The highest BCUT2D eigenvalue weighted by atomic mass is 79.9. The summed E-state index contributed by atoms with van der Waals surface area (Å²) >= 11 is 15.3. The van der Waals surface area contributed by atoms with Crippen molar-refractivity contribution in [2.75, 3.05) is 11.9 Å². The summed E-state index contributed by atoms with van der Waals surface area (Å²) in [5.74, 6) is 0. The Balaban J connectivity index is 2.94. The molecule has 5 heteroatoms. The first-order valence-corrected chi connectivity index (χ1v) is 5.71.